The molecule has 0 aliphatic rings. The maximum atomic E-state index is 12.1. The van der Waals surface area contributed by atoms with Crippen LogP contribution in [0.1, 0.15) is 6.92 Å². The average Bonchev–Trinajstić information content (AvgIpc) is 1.99. The zero-order valence-electron chi connectivity index (χ0n) is 7.67. The molecule has 0 bridgehead atoms. The summed E-state index contributed by atoms with van der Waals surface area (Å²) in [5.74, 6) is -4.48. The Morgan fingerprint density at radius 2 is 1.38 bits per heavy atom. The van der Waals surface area contributed by atoms with Crippen molar-refractivity contribution in [2.75, 3.05) is 0 Å². The van der Waals surface area contributed by atoms with E-state index >= 15 is 0 Å². The molecule has 0 rings (SSSR count). The van der Waals surface area contributed by atoms with Crippen LogP contribution in [0.4, 0.5) is 30.7 Å². The van der Waals surface area contributed by atoms with Crippen molar-refractivity contribution >= 4 is 5.97 Å². The van der Waals surface area contributed by atoms with E-state index in [4.69, 9.17) is 0 Å². The second-order valence-electron chi connectivity index (χ2n) is 2.82. The van der Waals surface area contributed by atoms with Crippen molar-refractivity contribution < 1.29 is 40.3 Å². The molecule has 0 atom stereocenters. The van der Waals surface area contributed by atoms with E-state index in [9.17, 15) is 35.5 Å². The van der Waals surface area contributed by atoms with Crippen LogP contribution < -0.4 is 0 Å². The minimum Gasteiger partial charge on any atom is -0.434 e. The lowest BCUT2D eigenvalue weighted by Gasteiger charge is -2.32. The fraction of sp³-hybridized carbons (Fsp3) is 0.571. The monoisotopic (exact) mass is 254 g/mol. The Morgan fingerprint density at radius 3 is 1.56 bits per heavy atom. The molecule has 0 spiro atoms. The number of carbonyl (C=O) groups is 1. The SMILES string of the molecule is C=C(F)C(=O)OC(C)(C(F)(F)F)C(F)(F)F. The molecule has 0 unspecified atom stereocenters. The van der Waals surface area contributed by atoms with E-state index in [1.165, 1.54) is 0 Å². The predicted octanol–water partition coefficient (Wildman–Crippen LogP) is 2.90. The van der Waals surface area contributed by atoms with Gasteiger partial charge in [-0.1, -0.05) is 6.58 Å². The highest BCUT2D eigenvalue weighted by atomic mass is 19.4. The summed E-state index contributed by atoms with van der Waals surface area (Å²) in [5.41, 5.74) is -4.77. The quantitative estimate of drug-likeness (QED) is 0.430. The molecule has 16 heavy (non-hydrogen) atoms. The van der Waals surface area contributed by atoms with Gasteiger partial charge in [0.2, 0.25) is 5.83 Å². The number of hydrogen-bond donors (Lipinski definition) is 0. The molecule has 0 saturated heterocycles. The molecule has 0 amide bonds. The molecule has 0 aliphatic heterocycles. The molecule has 0 fully saturated rings. The Hall–Kier alpha value is -1.28. The van der Waals surface area contributed by atoms with E-state index in [1.807, 2.05) is 0 Å². The largest absolute Gasteiger partial charge is 0.437 e. The van der Waals surface area contributed by atoms with Gasteiger partial charge in [0, 0.05) is 0 Å². The van der Waals surface area contributed by atoms with Crippen LogP contribution in [0.25, 0.3) is 0 Å². The van der Waals surface area contributed by atoms with E-state index in [-0.39, 0.29) is 0 Å². The highest BCUT2D eigenvalue weighted by Gasteiger charge is 2.71. The van der Waals surface area contributed by atoms with Gasteiger partial charge >= 0.3 is 18.3 Å². The van der Waals surface area contributed by atoms with E-state index in [0.29, 0.717) is 0 Å². The molecule has 0 N–H and O–H groups in total. The second kappa shape index (κ2) is 3.95. The summed E-state index contributed by atoms with van der Waals surface area (Å²) in [6, 6.07) is 0. The van der Waals surface area contributed by atoms with Gasteiger partial charge in [-0.25, -0.2) is 4.79 Å². The Morgan fingerprint density at radius 1 is 1.06 bits per heavy atom. The molecule has 94 valence electrons. The number of ether oxygens (including phenoxy) is 1. The summed E-state index contributed by atoms with van der Waals surface area (Å²) in [5, 5.41) is 0. The standard InChI is InChI=1S/C7H5F7O2/c1-3(8)4(15)16-5(2,6(9,10)11)7(12,13)14/h1H2,2H3. The summed E-state index contributed by atoms with van der Waals surface area (Å²) >= 11 is 0. The van der Waals surface area contributed by atoms with Gasteiger partial charge in [-0.05, 0) is 6.92 Å². The first-order chi connectivity index (χ1) is 6.83. The number of rotatable bonds is 2. The first-order valence-electron chi connectivity index (χ1n) is 3.54. The number of carbonyl (C=O) groups excluding carboxylic acids is 1. The molecule has 0 aromatic rings. The highest BCUT2D eigenvalue weighted by molar-refractivity contribution is 5.85. The molecule has 0 heterocycles. The van der Waals surface area contributed by atoms with Gasteiger partial charge in [0.25, 0.3) is 5.60 Å². The summed E-state index contributed by atoms with van der Waals surface area (Å²) < 4.78 is 87.5. The zero-order chi connectivity index (χ0) is 13.4. The van der Waals surface area contributed by atoms with E-state index in [2.05, 4.69) is 11.3 Å². The maximum Gasteiger partial charge on any atom is 0.437 e. The number of halogens is 7. The number of alkyl halides is 6. The first-order valence-corrected chi connectivity index (χ1v) is 3.54. The van der Waals surface area contributed by atoms with E-state index in [0.717, 1.165) is 0 Å². The molecule has 0 radical (unpaired) electrons. The Bertz CT molecular complexity index is 287. The molecule has 0 saturated carbocycles. The van der Waals surface area contributed by atoms with Crippen LogP contribution >= 0.6 is 0 Å². The molecular formula is C7H5F7O2. The Labute approximate surface area is 84.7 Å². The Kier molecular flexibility index (Phi) is 3.63. The van der Waals surface area contributed by atoms with Gasteiger partial charge in [-0.15, -0.1) is 0 Å². The summed E-state index contributed by atoms with van der Waals surface area (Å²) in [4.78, 5) is 10.4. The predicted molar refractivity (Wildman–Crippen MR) is 36.9 cm³/mol. The van der Waals surface area contributed by atoms with Crippen molar-refractivity contribution in [2.45, 2.75) is 24.9 Å². The highest BCUT2D eigenvalue weighted by Crippen LogP contribution is 2.45. The van der Waals surface area contributed by atoms with Crippen LogP contribution in [-0.2, 0) is 9.53 Å². The maximum absolute atomic E-state index is 12.1. The first kappa shape index (κ1) is 14.7. The third kappa shape index (κ3) is 2.64. The molecule has 0 aromatic carbocycles. The lowest BCUT2D eigenvalue weighted by atomic mass is 10.1. The fourth-order valence-corrected chi connectivity index (χ4v) is 0.517. The van der Waals surface area contributed by atoms with Gasteiger partial charge in [0.1, 0.15) is 0 Å². The lowest BCUT2D eigenvalue weighted by molar-refractivity contribution is -0.362. The molecular weight excluding hydrogens is 249 g/mol. The second-order valence-corrected chi connectivity index (χ2v) is 2.82. The van der Waals surface area contributed by atoms with Crippen LogP contribution in [0.15, 0.2) is 12.4 Å². The molecule has 0 aromatic heterocycles. The zero-order valence-corrected chi connectivity index (χ0v) is 7.67. The van der Waals surface area contributed by atoms with Crippen molar-refractivity contribution in [3.05, 3.63) is 12.4 Å². The van der Waals surface area contributed by atoms with Crippen LogP contribution in [0.2, 0.25) is 0 Å². The summed E-state index contributed by atoms with van der Waals surface area (Å²) in [7, 11) is 0. The lowest BCUT2D eigenvalue weighted by Crippen LogP contribution is -2.57. The minimum atomic E-state index is -5.92. The van der Waals surface area contributed by atoms with Gasteiger partial charge in [0.15, 0.2) is 0 Å². The van der Waals surface area contributed by atoms with Gasteiger partial charge in [-0.3, -0.25) is 0 Å². The molecule has 0 aliphatic carbocycles. The van der Waals surface area contributed by atoms with E-state index in [1.54, 1.807) is 0 Å². The van der Waals surface area contributed by atoms with Gasteiger partial charge in [0.05, 0.1) is 0 Å². The van der Waals surface area contributed by atoms with Crippen molar-refractivity contribution in [2.24, 2.45) is 0 Å². The van der Waals surface area contributed by atoms with Crippen molar-refractivity contribution in [1.82, 2.24) is 0 Å². The van der Waals surface area contributed by atoms with Crippen LogP contribution in [0.5, 0.6) is 0 Å². The number of hydrogen-bond acceptors (Lipinski definition) is 2. The van der Waals surface area contributed by atoms with Crippen molar-refractivity contribution in [1.29, 1.82) is 0 Å². The molecule has 2 nitrogen and oxygen atoms in total. The van der Waals surface area contributed by atoms with Gasteiger partial charge in [-0.2, -0.15) is 30.7 Å². The smallest absolute Gasteiger partial charge is 0.434 e. The third-order valence-corrected chi connectivity index (χ3v) is 1.60. The van der Waals surface area contributed by atoms with Crippen LogP contribution in [-0.4, -0.2) is 23.9 Å². The molecule has 9 heteroatoms. The third-order valence-electron chi connectivity index (χ3n) is 1.60. The average molecular weight is 254 g/mol. The van der Waals surface area contributed by atoms with Crippen molar-refractivity contribution in [3.8, 4) is 0 Å². The van der Waals surface area contributed by atoms with Crippen molar-refractivity contribution in [3.63, 3.8) is 0 Å². The minimum absolute atomic E-state index is 0.423. The number of esters is 1. The van der Waals surface area contributed by atoms with Crippen LogP contribution in [0.3, 0.4) is 0 Å². The normalized spacial score (nSPS) is 13.5. The topological polar surface area (TPSA) is 26.3 Å². The Balaban J connectivity index is 5.30. The van der Waals surface area contributed by atoms with Crippen LogP contribution in [0, 0.1) is 0 Å². The fourth-order valence-electron chi connectivity index (χ4n) is 0.517. The summed E-state index contributed by atoms with van der Waals surface area (Å²) in [6.07, 6.45) is -11.8. The van der Waals surface area contributed by atoms with E-state index < -0.39 is 36.7 Å². The van der Waals surface area contributed by atoms with Gasteiger partial charge < -0.3 is 4.74 Å². The summed E-state index contributed by atoms with van der Waals surface area (Å²) in [6.45, 7) is 1.80.